The Morgan fingerprint density at radius 2 is 1.97 bits per heavy atom. The summed E-state index contributed by atoms with van der Waals surface area (Å²) in [7, 11) is 1.72. The zero-order chi connectivity index (χ0) is 20.4. The van der Waals surface area contributed by atoms with Gasteiger partial charge in [0.25, 0.3) is 0 Å². The zero-order valence-electron chi connectivity index (χ0n) is 17.0. The van der Waals surface area contributed by atoms with Gasteiger partial charge in [0.2, 0.25) is 0 Å². The second-order valence-corrected chi connectivity index (χ2v) is 7.77. The van der Waals surface area contributed by atoms with Gasteiger partial charge in [0.05, 0.1) is 24.4 Å². The van der Waals surface area contributed by atoms with Crippen molar-refractivity contribution in [2.24, 2.45) is 0 Å². The van der Waals surface area contributed by atoms with E-state index in [1.807, 2.05) is 18.3 Å². The van der Waals surface area contributed by atoms with Crippen LogP contribution in [0.3, 0.4) is 0 Å². The molecule has 1 fully saturated rings. The molecule has 0 unspecified atom stereocenters. The molecule has 29 heavy (non-hydrogen) atoms. The second kappa shape index (κ2) is 8.35. The van der Waals surface area contributed by atoms with Crippen molar-refractivity contribution in [3.8, 4) is 5.69 Å². The van der Waals surface area contributed by atoms with Crippen molar-refractivity contribution in [3.63, 3.8) is 0 Å². The molecule has 5 nitrogen and oxygen atoms in total. The number of nitrogens with zero attached hydrogens (tertiary/aromatic N) is 3. The van der Waals surface area contributed by atoms with Crippen LogP contribution in [0.25, 0.3) is 5.69 Å². The maximum atomic E-state index is 5.70. The van der Waals surface area contributed by atoms with E-state index in [0.717, 1.165) is 16.5 Å². The Morgan fingerprint density at radius 3 is 2.69 bits per heavy atom. The maximum Gasteiger partial charge on any atom is 0.170 e. The third kappa shape index (κ3) is 3.78. The lowest BCUT2D eigenvalue weighted by Gasteiger charge is -2.28. The largest absolute Gasteiger partial charge is 0.383 e. The van der Waals surface area contributed by atoms with E-state index in [9.17, 15) is 0 Å². The Morgan fingerprint density at radius 1 is 1.10 bits per heavy atom. The minimum atomic E-state index is -0.0271. The minimum Gasteiger partial charge on any atom is -0.383 e. The highest BCUT2D eigenvalue weighted by molar-refractivity contribution is 7.80. The number of rotatable bonds is 6. The first-order valence-corrected chi connectivity index (χ1v) is 10.2. The first kappa shape index (κ1) is 19.6. The molecule has 150 valence electrons. The van der Waals surface area contributed by atoms with E-state index in [-0.39, 0.29) is 12.1 Å². The van der Waals surface area contributed by atoms with Crippen molar-refractivity contribution in [1.29, 1.82) is 0 Å². The quantitative estimate of drug-likeness (QED) is 0.624. The molecule has 0 radical (unpaired) electrons. The topological polar surface area (TPSA) is 42.3 Å². The first-order valence-electron chi connectivity index (χ1n) is 9.82. The standard InChI is InChI=1S/C23H26N4OS/c1-16-9-10-18(15-17(16)2)26-12-6-8-20(26)22-21(19-7-4-5-11-24-19)25-23(29)27(22)13-14-28-3/h4-12,15,21-22H,13-14H2,1-3H3,(H,25,29)/t21-,22-/m0/s1. The molecule has 0 bridgehead atoms. The Bertz CT molecular complexity index is 1000. The van der Waals surface area contributed by atoms with Crippen LogP contribution in [-0.4, -0.2) is 39.8 Å². The fraction of sp³-hybridized carbons (Fsp3) is 0.304. The number of thiocarbonyl (C=S) groups is 1. The molecule has 6 heteroatoms. The minimum absolute atomic E-state index is 0.0177. The fourth-order valence-corrected chi connectivity index (χ4v) is 4.23. The lowest BCUT2D eigenvalue weighted by molar-refractivity contribution is 0.163. The monoisotopic (exact) mass is 406 g/mol. The molecule has 1 aliphatic rings. The third-order valence-electron chi connectivity index (χ3n) is 5.59. The second-order valence-electron chi connectivity index (χ2n) is 7.38. The number of benzene rings is 1. The van der Waals surface area contributed by atoms with Crippen LogP contribution in [0, 0.1) is 13.8 Å². The van der Waals surface area contributed by atoms with E-state index >= 15 is 0 Å². The number of aromatic nitrogens is 2. The molecule has 1 N–H and O–H groups in total. The summed E-state index contributed by atoms with van der Waals surface area (Å²) in [4.78, 5) is 6.82. The van der Waals surface area contributed by atoms with Gasteiger partial charge >= 0.3 is 0 Å². The highest BCUT2D eigenvalue weighted by atomic mass is 32.1. The van der Waals surface area contributed by atoms with Gasteiger partial charge in [0.1, 0.15) is 0 Å². The molecule has 0 amide bonds. The predicted octanol–water partition coefficient (Wildman–Crippen LogP) is 4.11. The van der Waals surface area contributed by atoms with E-state index < -0.39 is 0 Å². The summed E-state index contributed by atoms with van der Waals surface area (Å²) in [6.07, 6.45) is 3.95. The van der Waals surface area contributed by atoms with Crippen LogP contribution < -0.4 is 5.32 Å². The number of pyridine rings is 1. The van der Waals surface area contributed by atoms with Crippen LogP contribution in [0.15, 0.2) is 60.9 Å². The third-order valence-corrected chi connectivity index (χ3v) is 5.94. The van der Waals surface area contributed by atoms with Crippen LogP contribution in [-0.2, 0) is 4.74 Å². The van der Waals surface area contributed by atoms with Crippen LogP contribution in [0.2, 0.25) is 0 Å². The van der Waals surface area contributed by atoms with Crippen molar-refractivity contribution in [1.82, 2.24) is 19.8 Å². The first-order chi connectivity index (χ1) is 14.1. The van der Waals surface area contributed by atoms with Crippen molar-refractivity contribution < 1.29 is 4.74 Å². The molecule has 1 aromatic carbocycles. The van der Waals surface area contributed by atoms with Gasteiger partial charge in [-0.1, -0.05) is 12.1 Å². The fourth-order valence-electron chi connectivity index (χ4n) is 3.90. The number of methoxy groups -OCH3 is 1. The number of hydrogen-bond donors (Lipinski definition) is 1. The van der Waals surface area contributed by atoms with Gasteiger partial charge in [0, 0.05) is 37.4 Å². The highest BCUT2D eigenvalue weighted by Gasteiger charge is 2.41. The van der Waals surface area contributed by atoms with Crippen LogP contribution in [0.5, 0.6) is 0 Å². The predicted molar refractivity (Wildman–Crippen MR) is 119 cm³/mol. The summed E-state index contributed by atoms with van der Waals surface area (Å²) in [6, 6.07) is 16.8. The number of hydrogen-bond acceptors (Lipinski definition) is 3. The Labute approximate surface area is 177 Å². The SMILES string of the molecule is COCCN1C(=S)N[C@@H](c2ccccn2)[C@@H]1c1cccn1-c1ccc(C)c(C)c1. The summed E-state index contributed by atoms with van der Waals surface area (Å²) in [5.74, 6) is 0. The molecule has 4 rings (SSSR count). The lowest BCUT2D eigenvalue weighted by Crippen LogP contribution is -2.33. The number of aryl methyl sites for hydroxylation is 2. The van der Waals surface area contributed by atoms with Crippen molar-refractivity contribution in [2.75, 3.05) is 20.3 Å². The average Bonchev–Trinajstić information content (AvgIpc) is 3.33. The average molecular weight is 407 g/mol. The molecular weight excluding hydrogens is 380 g/mol. The molecule has 3 aromatic rings. The molecule has 0 saturated carbocycles. The van der Waals surface area contributed by atoms with Gasteiger partial charge in [-0.2, -0.15) is 0 Å². The Kier molecular flexibility index (Phi) is 5.65. The van der Waals surface area contributed by atoms with E-state index in [1.165, 1.54) is 16.8 Å². The van der Waals surface area contributed by atoms with Gasteiger partial charge < -0.3 is 19.5 Å². The van der Waals surface area contributed by atoms with E-state index in [1.54, 1.807) is 7.11 Å². The molecule has 2 aromatic heterocycles. The van der Waals surface area contributed by atoms with Crippen LogP contribution in [0.4, 0.5) is 0 Å². The molecule has 1 saturated heterocycles. The Balaban J connectivity index is 1.79. The van der Waals surface area contributed by atoms with Gasteiger partial charge in [-0.05, 0) is 73.6 Å². The summed E-state index contributed by atoms with van der Waals surface area (Å²) in [5.41, 5.74) is 5.87. The van der Waals surface area contributed by atoms with Gasteiger partial charge in [-0.3, -0.25) is 4.98 Å². The molecule has 0 aliphatic carbocycles. The van der Waals surface area contributed by atoms with Gasteiger partial charge in [-0.25, -0.2) is 0 Å². The molecular formula is C23H26N4OS. The van der Waals surface area contributed by atoms with Crippen molar-refractivity contribution >= 4 is 17.3 Å². The summed E-state index contributed by atoms with van der Waals surface area (Å²) in [5, 5.41) is 4.22. The van der Waals surface area contributed by atoms with Crippen LogP contribution in [0.1, 0.15) is 34.6 Å². The van der Waals surface area contributed by atoms with Gasteiger partial charge in [0.15, 0.2) is 5.11 Å². The highest BCUT2D eigenvalue weighted by Crippen LogP contribution is 2.39. The van der Waals surface area contributed by atoms with Crippen molar-refractivity contribution in [2.45, 2.75) is 25.9 Å². The molecule has 3 heterocycles. The summed E-state index contributed by atoms with van der Waals surface area (Å²) < 4.78 is 7.60. The molecule has 1 aliphatic heterocycles. The van der Waals surface area contributed by atoms with Crippen molar-refractivity contribution in [3.05, 3.63) is 83.4 Å². The number of ether oxygens (including phenoxy) is 1. The van der Waals surface area contributed by atoms with E-state index in [2.05, 4.69) is 76.2 Å². The smallest absolute Gasteiger partial charge is 0.170 e. The Hall–Kier alpha value is -2.70. The normalized spacial score (nSPS) is 18.9. The van der Waals surface area contributed by atoms with Crippen LogP contribution >= 0.6 is 12.2 Å². The van der Waals surface area contributed by atoms with E-state index in [4.69, 9.17) is 17.0 Å². The van der Waals surface area contributed by atoms with Gasteiger partial charge in [-0.15, -0.1) is 0 Å². The lowest BCUT2D eigenvalue weighted by atomic mass is 10.0. The zero-order valence-corrected chi connectivity index (χ0v) is 17.8. The maximum absolute atomic E-state index is 5.70. The number of nitrogens with one attached hydrogen (secondary N) is 1. The summed E-state index contributed by atoms with van der Waals surface area (Å²) >= 11 is 5.70. The van der Waals surface area contributed by atoms with E-state index in [0.29, 0.717) is 13.2 Å². The molecule has 0 spiro atoms. The summed E-state index contributed by atoms with van der Waals surface area (Å²) in [6.45, 7) is 5.61. The molecule has 2 atom stereocenters.